The topological polar surface area (TPSA) is 105 Å². The molecule has 4 rings (SSSR count). The van der Waals surface area contributed by atoms with E-state index < -0.39 is 35.5 Å². The number of hydrogen-bond donors (Lipinski definition) is 1. The minimum Gasteiger partial charge on any atom is -0.493 e. The van der Waals surface area contributed by atoms with Crippen molar-refractivity contribution in [2.75, 3.05) is 19.1 Å². The predicted molar refractivity (Wildman–Crippen MR) is 127 cm³/mol. The lowest BCUT2D eigenvalue weighted by Crippen LogP contribution is -2.54. The Bertz CT molecular complexity index is 1330. The quantitative estimate of drug-likeness (QED) is 0.420. The van der Waals surface area contributed by atoms with Crippen molar-refractivity contribution >= 4 is 29.3 Å². The number of carbonyl (C=O) groups excluding carboxylic acids is 4. The average Bonchev–Trinajstić information content (AvgIpc) is 3.19. The molecule has 1 aliphatic rings. The largest absolute Gasteiger partial charge is 0.493 e. The first-order valence-electron chi connectivity index (χ1n) is 10.9. The van der Waals surface area contributed by atoms with Crippen molar-refractivity contribution in [2.24, 2.45) is 0 Å². The molecule has 0 bridgehead atoms. The monoisotopic (exact) mass is 491 g/mol. The van der Waals surface area contributed by atoms with Gasteiger partial charge in [-0.25, -0.2) is 14.3 Å². The molecule has 0 spiro atoms. The number of imide groups is 1. The fourth-order valence-electron chi connectivity index (χ4n) is 3.85. The van der Waals surface area contributed by atoms with E-state index in [0.29, 0.717) is 11.4 Å². The molecule has 4 amide bonds. The number of benzene rings is 3. The van der Waals surface area contributed by atoms with E-state index in [1.165, 1.54) is 44.6 Å². The minimum absolute atomic E-state index is 0.0985. The van der Waals surface area contributed by atoms with Crippen LogP contribution in [0.25, 0.3) is 0 Å². The van der Waals surface area contributed by atoms with Gasteiger partial charge < -0.3 is 9.47 Å². The maximum absolute atomic E-state index is 13.9. The van der Waals surface area contributed by atoms with Crippen LogP contribution in [0.15, 0.2) is 72.8 Å². The molecule has 10 heteroatoms. The van der Waals surface area contributed by atoms with E-state index in [1.54, 1.807) is 30.3 Å². The number of anilines is 1. The molecule has 1 heterocycles. The van der Waals surface area contributed by atoms with Crippen molar-refractivity contribution < 1.29 is 33.0 Å². The summed E-state index contributed by atoms with van der Waals surface area (Å²) >= 11 is 0. The molecule has 3 aromatic carbocycles. The molecule has 1 fully saturated rings. The fourth-order valence-corrected chi connectivity index (χ4v) is 3.85. The van der Waals surface area contributed by atoms with E-state index in [9.17, 15) is 23.6 Å². The van der Waals surface area contributed by atoms with Crippen molar-refractivity contribution in [3.8, 4) is 11.5 Å². The molecule has 1 aliphatic heterocycles. The second kappa shape index (κ2) is 10.3. The maximum Gasteiger partial charge on any atom is 0.273 e. The lowest BCUT2D eigenvalue weighted by molar-refractivity contribution is -0.122. The summed E-state index contributed by atoms with van der Waals surface area (Å²) in [7, 11) is 2.85. The average molecular weight is 491 g/mol. The number of amides is 4. The summed E-state index contributed by atoms with van der Waals surface area (Å²) in [4.78, 5) is 53.6. The van der Waals surface area contributed by atoms with E-state index in [2.05, 4.69) is 5.43 Å². The molecule has 9 nitrogen and oxygen atoms in total. The van der Waals surface area contributed by atoms with Gasteiger partial charge in [0.05, 0.1) is 26.3 Å². The van der Waals surface area contributed by atoms with Gasteiger partial charge in [-0.1, -0.05) is 24.3 Å². The van der Waals surface area contributed by atoms with Crippen LogP contribution >= 0.6 is 0 Å². The van der Waals surface area contributed by atoms with Gasteiger partial charge in [-0.05, 0) is 48.5 Å². The van der Waals surface area contributed by atoms with Crippen molar-refractivity contribution in [1.29, 1.82) is 0 Å². The Hall–Kier alpha value is -4.73. The summed E-state index contributed by atoms with van der Waals surface area (Å²) in [6.07, 6.45) is -0.374. The third-order valence-corrected chi connectivity index (χ3v) is 5.61. The third-order valence-electron chi connectivity index (χ3n) is 5.61. The molecule has 0 aromatic heterocycles. The van der Waals surface area contributed by atoms with Gasteiger partial charge >= 0.3 is 0 Å². The molecular formula is C26H22FN3O6. The normalized spacial score (nSPS) is 15.0. The van der Waals surface area contributed by atoms with Crippen LogP contribution in [0, 0.1) is 5.82 Å². The number of methoxy groups -OCH3 is 2. The standard InChI is InChI=1S/C26H22FN3O6/c1-35-21-12-11-16(14-22(21)36-2)24(32)28-30(25(33)17-7-6-8-18(27)13-17)20-15-23(31)29(26(20)34)19-9-4-3-5-10-19/h3-14,20H,15H2,1-2H3,(H,28,32). The molecular weight excluding hydrogens is 469 g/mol. The van der Waals surface area contributed by atoms with E-state index in [1.807, 2.05) is 0 Å². The van der Waals surface area contributed by atoms with Crippen LogP contribution in [0.3, 0.4) is 0 Å². The first-order chi connectivity index (χ1) is 17.3. The van der Waals surface area contributed by atoms with Gasteiger partial charge in [0, 0.05) is 11.1 Å². The zero-order valence-electron chi connectivity index (χ0n) is 19.4. The Morgan fingerprint density at radius 3 is 2.31 bits per heavy atom. The van der Waals surface area contributed by atoms with Crippen molar-refractivity contribution in [3.63, 3.8) is 0 Å². The van der Waals surface area contributed by atoms with Crippen LogP contribution < -0.4 is 19.8 Å². The van der Waals surface area contributed by atoms with Crippen LogP contribution in [0.1, 0.15) is 27.1 Å². The summed E-state index contributed by atoms with van der Waals surface area (Å²) < 4.78 is 24.3. The van der Waals surface area contributed by atoms with E-state index in [4.69, 9.17) is 9.47 Å². The smallest absolute Gasteiger partial charge is 0.273 e. The van der Waals surface area contributed by atoms with Crippen molar-refractivity contribution in [3.05, 3.63) is 89.7 Å². The second-order valence-electron chi connectivity index (χ2n) is 7.82. The third kappa shape index (κ3) is 4.74. The molecule has 1 unspecified atom stereocenters. The molecule has 3 aromatic rings. The van der Waals surface area contributed by atoms with Crippen LogP contribution in [-0.2, 0) is 9.59 Å². The highest BCUT2D eigenvalue weighted by molar-refractivity contribution is 6.23. The number of hydrazine groups is 1. The molecule has 184 valence electrons. The molecule has 0 aliphatic carbocycles. The Morgan fingerprint density at radius 2 is 1.64 bits per heavy atom. The zero-order chi connectivity index (χ0) is 25.8. The Balaban J connectivity index is 1.69. The molecule has 36 heavy (non-hydrogen) atoms. The highest BCUT2D eigenvalue weighted by atomic mass is 19.1. The molecule has 1 saturated heterocycles. The van der Waals surface area contributed by atoms with E-state index >= 15 is 0 Å². The fraction of sp³-hybridized carbons (Fsp3) is 0.154. The lowest BCUT2D eigenvalue weighted by atomic mass is 10.1. The number of para-hydroxylation sites is 1. The second-order valence-corrected chi connectivity index (χ2v) is 7.82. The number of nitrogens with one attached hydrogen (secondary N) is 1. The minimum atomic E-state index is -1.35. The Morgan fingerprint density at radius 1 is 0.917 bits per heavy atom. The van der Waals surface area contributed by atoms with E-state index in [0.717, 1.165) is 22.0 Å². The maximum atomic E-state index is 13.9. The number of carbonyl (C=O) groups is 4. The number of hydrogen-bond acceptors (Lipinski definition) is 6. The zero-order valence-corrected chi connectivity index (χ0v) is 19.4. The SMILES string of the molecule is COc1ccc(C(=O)NN(C(=O)c2cccc(F)c2)C2CC(=O)N(c3ccccc3)C2=O)cc1OC. The van der Waals surface area contributed by atoms with Gasteiger partial charge in [0.2, 0.25) is 5.91 Å². The van der Waals surface area contributed by atoms with Crippen molar-refractivity contribution in [2.45, 2.75) is 12.5 Å². The summed E-state index contributed by atoms with van der Waals surface area (Å²) in [5.74, 6) is -2.88. The van der Waals surface area contributed by atoms with E-state index in [-0.39, 0.29) is 23.3 Å². The van der Waals surface area contributed by atoms with Crippen LogP contribution in [0.2, 0.25) is 0 Å². The van der Waals surface area contributed by atoms with Gasteiger partial charge in [-0.15, -0.1) is 0 Å². The summed E-state index contributed by atoms with van der Waals surface area (Å²) in [6.45, 7) is 0. The lowest BCUT2D eigenvalue weighted by Gasteiger charge is -2.28. The van der Waals surface area contributed by atoms with Gasteiger partial charge in [-0.2, -0.15) is 0 Å². The highest BCUT2D eigenvalue weighted by Gasteiger charge is 2.45. The van der Waals surface area contributed by atoms with Crippen LogP contribution in [-0.4, -0.2) is 48.9 Å². The van der Waals surface area contributed by atoms with Gasteiger partial charge in [0.1, 0.15) is 11.9 Å². The number of ether oxygens (including phenoxy) is 2. The number of rotatable bonds is 6. The summed E-state index contributed by atoms with van der Waals surface area (Å²) in [6, 6.07) is 16.0. The van der Waals surface area contributed by atoms with Gasteiger partial charge in [0.15, 0.2) is 11.5 Å². The molecule has 0 saturated carbocycles. The first kappa shape index (κ1) is 24.4. The summed E-state index contributed by atoms with van der Waals surface area (Å²) in [5, 5.41) is 0.775. The van der Waals surface area contributed by atoms with Crippen LogP contribution in [0.4, 0.5) is 10.1 Å². The Labute approximate surface area is 206 Å². The molecule has 1 atom stereocenters. The number of nitrogens with zero attached hydrogens (tertiary/aromatic N) is 2. The first-order valence-corrected chi connectivity index (χ1v) is 10.9. The highest BCUT2D eigenvalue weighted by Crippen LogP contribution is 2.29. The molecule has 0 radical (unpaired) electrons. The van der Waals surface area contributed by atoms with Gasteiger partial charge in [-0.3, -0.25) is 24.6 Å². The van der Waals surface area contributed by atoms with Crippen molar-refractivity contribution in [1.82, 2.24) is 10.4 Å². The Kier molecular flexibility index (Phi) is 6.95. The number of halogens is 1. The van der Waals surface area contributed by atoms with Crippen LogP contribution in [0.5, 0.6) is 11.5 Å². The summed E-state index contributed by atoms with van der Waals surface area (Å²) in [5.41, 5.74) is 2.75. The molecule has 1 N–H and O–H groups in total. The van der Waals surface area contributed by atoms with Gasteiger partial charge in [0.25, 0.3) is 17.7 Å². The predicted octanol–water partition coefficient (Wildman–Crippen LogP) is 2.96.